The van der Waals surface area contributed by atoms with E-state index in [0.29, 0.717) is 17.2 Å². The highest BCUT2D eigenvalue weighted by atomic mass is 16.1. The lowest BCUT2D eigenvalue weighted by atomic mass is 9.92. The molecule has 0 spiro atoms. The Morgan fingerprint density at radius 1 is 0.973 bits per heavy atom. The van der Waals surface area contributed by atoms with E-state index in [-0.39, 0.29) is 5.91 Å². The zero-order valence-electron chi connectivity index (χ0n) is 21.9. The van der Waals surface area contributed by atoms with Crippen LogP contribution in [-0.2, 0) is 6.54 Å². The topological polar surface area (TPSA) is 64.3 Å². The van der Waals surface area contributed by atoms with E-state index in [2.05, 4.69) is 82.3 Å². The number of aromatic amines is 1. The fraction of sp³-hybridized carbons (Fsp3) is 0.290. The van der Waals surface area contributed by atoms with Crippen molar-refractivity contribution < 1.29 is 4.79 Å². The maximum atomic E-state index is 13.3. The van der Waals surface area contributed by atoms with Gasteiger partial charge in [-0.2, -0.15) is 0 Å². The monoisotopic (exact) mass is 493 g/mol. The first kappa shape index (κ1) is 24.8. The minimum atomic E-state index is -0.126. The van der Waals surface area contributed by atoms with Crippen LogP contribution in [0.4, 0.5) is 11.5 Å². The summed E-state index contributed by atoms with van der Waals surface area (Å²) in [4.78, 5) is 26.0. The van der Waals surface area contributed by atoms with Crippen LogP contribution < -0.4 is 10.2 Å². The van der Waals surface area contributed by atoms with Crippen LogP contribution in [0.3, 0.4) is 0 Å². The van der Waals surface area contributed by atoms with Crippen LogP contribution in [0.1, 0.15) is 46.9 Å². The van der Waals surface area contributed by atoms with Crippen molar-refractivity contribution in [2.75, 3.05) is 36.4 Å². The second-order valence-electron chi connectivity index (χ2n) is 10.1. The number of hydrogen-bond acceptors (Lipinski definition) is 4. The number of anilines is 2. The number of nitrogens with zero attached hydrogens (tertiary/aromatic N) is 3. The molecule has 6 nitrogen and oxygen atoms in total. The van der Waals surface area contributed by atoms with Crippen molar-refractivity contribution in [3.63, 3.8) is 0 Å². The summed E-state index contributed by atoms with van der Waals surface area (Å²) in [6.45, 7) is 11.2. The van der Waals surface area contributed by atoms with Gasteiger partial charge in [-0.25, -0.2) is 4.98 Å². The highest BCUT2D eigenvalue weighted by Gasteiger charge is 2.19. The van der Waals surface area contributed by atoms with E-state index in [0.717, 1.165) is 55.2 Å². The summed E-state index contributed by atoms with van der Waals surface area (Å²) in [7, 11) is 0. The van der Waals surface area contributed by atoms with Gasteiger partial charge in [0, 0.05) is 50.2 Å². The Morgan fingerprint density at radius 2 is 1.76 bits per heavy atom. The number of hydrogen-bond donors (Lipinski definition) is 2. The van der Waals surface area contributed by atoms with Crippen LogP contribution in [0.2, 0.25) is 0 Å². The lowest BCUT2D eigenvalue weighted by molar-refractivity contribution is 0.102. The first-order valence-electron chi connectivity index (χ1n) is 13.0. The lowest BCUT2D eigenvalue weighted by Gasteiger charge is -2.35. The second-order valence-corrected chi connectivity index (χ2v) is 10.1. The number of benzene rings is 2. The van der Waals surface area contributed by atoms with E-state index in [9.17, 15) is 4.79 Å². The Kier molecular flexibility index (Phi) is 7.37. The van der Waals surface area contributed by atoms with Gasteiger partial charge >= 0.3 is 0 Å². The summed E-state index contributed by atoms with van der Waals surface area (Å²) in [5.74, 6) is 1.29. The molecule has 6 heteroatoms. The highest BCUT2D eigenvalue weighted by molar-refractivity contribution is 6.09. The standard InChI is InChI=1S/C31H35N5O/c1-22(2)24-9-11-25(12-10-24)30-23(3)6-4-8-28(30)31(37)34-26-13-14-29(33-20-26)36-18-16-35(17-19-36)21-27-7-5-15-32-27/h4-15,20,22,32H,16-19,21H2,1-3H3,(H,34,37). The molecule has 1 fully saturated rings. The van der Waals surface area contributed by atoms with Crippen molar-refractivity contribution in [3.05, 3.63) is 102 Å². The van der Waals surface area contributed by atoms with Gasteiger partial charge in [0.25, 0.3) is 5.91 Å². The van der Waals surface area contributed by atoms with Crippen molar-refractivity contribution >= 4 is 17.4 Å². The molecule has 1 amide bonds. The van der Waals surface area contributed by atoms with Gasteiger partial charge in [0.2, 0.25) is 0 Å². The third kappa shape index (κ3) is 5.75. The third-order valence-corrected chi connectivity index (χ3v) is 7.14. The number of piperazine rings is 1. The number of aryl methyl sites for hydroxylation is 1. The number of amides is 1. The number of aromatic nitrogens is 2. The van der Waals surface area contributed by atoms with E-state index in [1.54, 1.807) is 6.20 Å². The molecule has 0 atom stereocenters. The molecule has 0 bridgehead atoms. The van der Waals surface area contributed by atoms with Crippen LogP contribution in [0.5, 0.6) is 0 Å². The van der Waals surface area contributed by atoms with Crippen LogP contribution in [-0.4, -0.2) is 47.0 Å². The Balaban J connectivity index is 1.24. The molecular weight excluding hydrogens is 458 g/mol. The Bertz CT molecular complexity index is 1320. The van der Waals surface area contributed by atoms with E-state index in [4.69, 9.17) is 0 Å². The minimum absolute atomic E-state index is 0.126. The van der Waals surface area contributed by atoms with Gasteiger partial charge in [-0.15, -0.1) is 0 Å². The Morgan fingerprint density at radius 3 is 2.41 bits per heavy atom. The fourth-order valence-corrected chi connectivity index (χ4v) is 4.96. The summed E-state index contributed by atoms with van der Waals surface area (Å²) in [5.41, 5.74) is 7.00. The number of rotatable bonds is 7. The van der Waals surface area contributed by atoms with Crippen molar-refractivity contribution in [1.82, 2.24) is 14.9 Å². The van der Waals surface area contributed by atoms with E-state index in [1.807, 2.05) is 36.5 Å². The molecule has 2 N–H and O–H groups in total. The van der Waals surface area contributed by atoms with E-state index in [1.165, 1.54) is 11.3 Å². The van der Waals surface area contributed by atoms with Gasteiger partial charge < -0.3 is 15.2 Å². The zero-order valence-corrected chi connectivity index (χ0v) is 21.9. The quantitative estimate of drug-likeness (QED) is 0.327. The van der Waals surface area contributed by atoms with E-state index < -0.39 is 0 Å². The predicted octanol–water partition coefficient (Wildman–Crippen LogP) is 6.08. The molecule has 2 aromatic heterocycles. The van der Waals surface area contributed by atoms with Crippen molar-refractivity contribution in [2.24, 2.45) is 0 Å². The number of pyridine rings is 1. The molecule has 5 rings (SSSR count). The maximum Gasteiger partial charge on any atom is 0.256 e. The molecule has 0 aliphatic carbocycles. The SMILES string of the molecule is Cc1cccc(C(=O)Nc2ccc(N3CCN(Cc4ccc[nH]4)CC3)nc2)c1-c1ccc(C(C)C)cc1. The number of nitrogens with one attached hydrogen (secondary N) is 2. The summed E-state index contributed by atoms with van der Waals surface area (Å²) in [6.07, 6.45) is 3.73. The molecule has 37 heavy (non-hydrogen) atoms. The smallest absolute Gasteiger partial charge is 0.256 e. The molecule has 1 aliphatic heterocycles. The van der Waals surface area contributed by atoms with Gasteiger partial charge in [-0.3, -0.25) is 9.69 Å². The molecule has 1 aliphatic rings. The van der Waals surface area contributed by atoms with Gasteiger partial charge in [-0.05, 0) is 65.4 Å². The predicted molar refractivity (Wildman–Crippen MR) is 151 cm³/mol. The summed E-state index contributed by atoms with van der Waals surface area (Å²) < 4.78 is 0. The number of H-pyrrole nitrogens is 1. The summed E-state index contributed by atoms with van der Waals surface area (Å²) in [5, 5.41) is 3.06. The highest BCUT2D eigenvalue weighted by Crippen LogP contribution is 2.30. The molecule has 190 valence electrons. The Labute approximate surface area is 219 Å². The molecule has 2 aromatic carbocycles. The van der Waals surface area contributed by atoms with Crippen LogP contribution >= 0.6 is 0 Å². The molecule has 0 unspecified atom stereocenters. The molecule has 0 radical (unpaired) electrons. The third-order valence-electron chi connectivity index (χ3n) is 7.14. The zero-order chi connectivity index (χ0) is 25.8. The first-order valence-corrected chi connectivity index (χ1v) is 13.0. The molecule has 3 heterocycles. The lowest BCUT2D eigenvalue weighted by Crippen LogP contribution is -2.46. The molecule has 0 saturated carbocycles. The number of carbonyl (C=O) groups excluding carboxylic acids is 1. The van der Waals surface area contributed by atoms with Crippen LogP contribution in [0, 0.1) is 6.92 Å². The van der Waals surface area contributed by atoms with Crippen molar-refractivity contribution in [1.29, 1.82) is 0 Å². The average Bonchev–Trinajstić information content (AvgIpc) is 3.43. The largest absolute Gasteiger partial charge is 0.364 e. The maximum absolute atomic E-state index is 13.3. The minimum Gasteiger partial charge on any atom is -0.364 e. The average molecular weight is 494 g/mol. The van der Waals surface area contributed by atoms with E-state index >= 15 is 0 Å². The Hall–Kier alpha value is -3.90. The summed E-state index contributed by atoms with van der Waals surface area (Å²) in [6, 6.07) is 22.5. The first-order chi connectivity index (χ1) is 18.0. The van der Waals surface area contributed by atoms with Crippen LogP contribution in [0.15, 0.2) is 79.1 Å². The van der Waals surface area contributed by atoms with Gasteiger partial charge in [0.05, 0.1) is 11.9 Å². The van der Waals surface area contributed by atoms with Gasteiger partial charge in [-0.1, -0.05) is 50.2 Å². The van der Waals surface area contributed by atoms with Gasteiger partial charge in [0.1, 0.15) is 5.82 Å². The summed E-state index contributed by atoms with van der Waals surface area (Å²) >= 11 is 0. The fourth-order valence-electron chi connectivity index (χ4n) is 4.96. The van der Waals surface area contributed by atoms with Gasteiger partial charge in [0.15, 0.2) is 0 Å². The number of carbonyl (C=O) groups is 1. The van der Waals surface area contributed by atoms with Crippen LogP contribution in [0.25, 0.3) is 11.1 Å². The second kappa shape index (κ2) is 11.0. The molecule has 4 aromatic rings. The molecular formula is C31H35N5O. The normalized spacial score (nSPS) is 14.2. The van der Waals surface area contributed by atoms with Crippen molar-refractivity contribution in [3.8, 4) is 11.1 Å². The molecule has 1 saturated heterocycles. The van der Waals surface area contributed by atoms with Crippen molar-refractivity contribution in [2.45, 2.75) is 33.2 Å².